The fraction of sp³-hybridized carbons (Fsp3) is 0.211. The summed E-state index contributed by atoms with van der Waals surface area (Å²) in [5.74, 6) is 1.13. The number of methoxy groups -OCH3 is 1. The average Bonchev–Trinajstić information content (AvgIpc) is 3.10. The lowest BCUT2D eigenvalue weighted by atomic mass is 10.1. The second-order valence-corrected chi connectivity index (χ2v) is 5.51. The Bertz CT molecular complexity index is 856. The number of hydrogen-bond acceptors (Lipinski definition) is 6. The smallest absolute Gasteiger partial charge is 0.310 e. The average molecular weight is 338 g/mol. The highest BCUT2D eigenvalue weighted by atomic mass is 16.6. The molecule has 3 rings (SSSR count). The minimum Gasteiger partial charge on any atom is -0.497 e. The van der Waals surface area contributed by atoms with Gasteiger partial charge in [0.2, 0.25) is 5.82 Å². The third-order valence-corrected chi connectivity index (χ3v) is 3.72. The van der Waals surface area contributed by atoms with Gasteiger partial charge in [-0.15, -0.1) is 0 Å². The Kier molecular flexibility index (Phi) is 5.09. The predicted octanol–water partition coefficient (Wildman–Crippen LogP) is 3.34. The molecule has 0 aliphatic heterocycles. The van der Waals surface area contributed by atoms with Crippen LogP contribution in [0.15, 0.2) is 53.1 Å². The summed E-state index contributed by atoms with van der Waals surface area (Å²) < 4.78 is 15.4. The molecule has 0 amide bonds. The SMILES string of the molecule is COc1ccc(CC(=O)OCc2nc(-c3ccccc3C)no2)cc1. The summed E-state index contributed by atoms with van der Waals surface area (Å²) in [6.07, 6.45) is 0.169. The van der Waals surface area contributed by atoms with Crippen molar-refractivity contribution in [1.29, 1.82) is 0 Å². The van der Waals surface area contributed by atoms with E-state index in [1.165, 1.54) is 0 Å². The van der Waals surface area contributed by atoms with E-state index in [-0.39, 0.29) is 24.9 Å². The zero-order valence-corrected chi connectivity index (χ0v) is 14.1. The maximum Gasteiger partial charge on any atom is 0.310 e. The molecule has 6 nitrogen and oxygen atoms in total. The van der Waals surface area contributed by atoms with Crippen molar-refractivity contribution in [1.82, 2.24) is 10.1 Å². The molecule has 3 aromatic rings. The minimum atomic E-state index is -0.360. The van der Waals surface area contributed by atoms with E-state index in [1.54, 1.807) is 19.2 Å². The highest BCUT2D eigenvalue weighted by Gasteiger charge is 2.12. The first-order chi connectivity index (χ1) is 12.2. The molecular formula is C19H18N2O4. The summed E-state index contributed by atoms with van der Waals surface area (Å²) in [4.78, 5) is 16.2. The molecule has 0 N–H and O–H groups in total. The second-order valence-electron chi connectivity index (χ2n) is 5.51. The molecule has 0 saturated heterocycles. The molecule has 25 heavy (non-hydrogen) atoms. The highest BCUT2D eigenvalue weighted by molar-refractivity contribution is 5.72. The first-order valence-electron chi connectivity index (χ1n) is 7.83. The molecule has 6 heteroatoms. The Labute approximate surface area is 145 Å². The Morgan fingerprint density at radius 2 is 1.88 bits per heavy atom. The number of ether oxygens (including phenoxy) is 2. The van der Waals surface area contributed by atoms with Crippen LogP contribution in [0.2, 0.25) is 0 Å². The van der Waals surface area contributed by atoms with Crippen LogP contribution in [0.1, 0.15) is 17.0 Å². The van der Waals surface area contributed by atoms with Crippen molar-refractivity contribution in [2.45, 2.75) is 20.0 Å². The van der Waals surface area contributed by atoms with Gasteiger partial charge in [-0.05, 0) is 30.2 Å². The summed E-state index contributed by atoms with van der Waals surface area (Å²) >= 11 is 0. The van der Waals surface area contributed by atoms with E-state index in [2.05, 4.69) is 10.1 Å². The minimum absolute atomic E-state index is 0.0477. The summed E-state index contributed by atoms with van der Waals surface area (Å²) in [6.45, 7) is 1.92. The van der Waals surface area contributed by atoms with Crippen molar-refractivity contribution in [2.75, 3.05) is 7.11 Å². The topological polar surface area (TPSA) is 74.5 Å². The van der Waals surface area contributed by atoms with E-state index in [4.69, 9.17) is 14.0 Å². The van der Waals surface area contributed by atoms with Crippen LogP contribution in [-0.4, -0.2) is 23.2 Å². The number of hydrogen-bond donors (Lipinski definition) is 0. The predicted molar refractivity (Wildman–Crippen MR) is 91.0 cm³/mol. The van der Waals surface area contributed by atoms with Crippen LogP contribution >= 0.6 is 0 Å². The highest BCUT2D eigenvalue weighted by Crippen LogP contribution is 2.20. The number of esters is 1. The van der Waals surface area contributed by atoms with Gasteiger partial charge in [0.05, 0.1) is 13.5 Å². The number of aromatic nitrogens is 2. The van der Waals surface area contributed by atoms with E-state index >= 15 is 0 Å². The van der Waals surface area contributed by atoms with Crippen molar-refractivity contribution in [3.05, 3.63) is 65.5 Å². The first-order valence-corrected chi connectivity index (χ1v) is 7.83. The standard InChI is InChI=1S/C19H18N2O4/c1-13-5-3-4-6-16(13)19-20-17(25-21-19)12-24-18(22)11-14-7-9-15(23-2)10-8-14/h3-10H,11-12H2,1-2H3. The zero-order valence-electron chi connectivity index (χ0n) is 14.1. The second kappa shape index (κ2) is 7.61. The van der Waals surface area contributed by atoms with Gasteiger partial charge in [0.15, 0.2) is 6.61 Å². The van der Waals surface area contributed by atoms with Crippen molar-refractivity contribution < 1.29 is 18.8 Å². The molecule has 0 saturated carbocycles. The number of rotatable bonds is 6. The normalized spacial score (nSPS) is 10.5. The van der Waals surface area contributed by atoms with Gasteiger partial charge in [-0.1, -0.05) is 41.6 Å². The number of nitrogens with zero attached hydrogens (tertiary/aromatic N) is 2. The summed E-state index contributed by atoms with van der Waals surface area (Å²) in [6, 6.07) is 15.0. The number of carbonyl (C=O) groups excluding carboxylic acids is 1. The van der Waals surface area contributed by atoms with E-state index in [9.17, 15) is 4.79 Å². The van der Waals surface area contributed by atoms with Gasteiger partial charge in [-0.2, -0.15) is 4.98 Å². The lowest BCUT2D eigenvalue weighted by molar-refractivity contribution is -0.144. The summed E-state index contributed by atoms with van der Waals surface area (Å²) in [5, 5.41) is 3.94. The molecular weight excluding hydrogens is 320 g/mol. The monoisotopic (exact) mass is 338 g/mol. The summed E-state index contributed by atoms with van der Waals surface area (Å²) in [7, 11) is 1.60. The van der Waals surface area contributed by atoms with Crippen LogP contribution in [0.5, 0.6) is 5.75 Å². The molecule has 1 aromatic heterocycles. The van der Waals surface area contributed by atoms with Crippen LogP contribution in [0.3, 0.4) is 0 Å². The van der Waals surface area contributed by atoms with E-state index in [0.717, 1.165) is 22.4 Å². The Hall–Kier alpha value is -3.15. The molecule has 0 aliphatic rings. The van der Waals surface area contributed by atoms with Crippen LogP contribution in [-0.2, 0) is 22.6 Å². The van der Waals surface area contributed by atoms with Crippen LogP contribution in [0.4, 0.5) is 0 Å². The fourth-order valence-electron chi connectivity index (χ4n) is 2.35. The van der Waals surface area contributed by atoms with Gasteiger partial charge in [-0.25, -0.2) is 0 Å². The Balaban J connectivity index is 1.56. The van der Waals surface area contributed by atoms with Gasteiger partial charge in [0.1, 0.15) is 5.75 Å². The van der Waals surface area contributed by atoms with Crippen molar-refractivity contribution in [2.24, 2.45) is 0 Å². The van der Waals surface area contributed by atoms with Gasteiger partial charge >= 0.3 is 5.97 Å². The number of aryl methyl sites for hydroxylation is 1. The Morgan fingerprint density at radius 1 is 1.12 bits per heavy atom. The molecule has 0 fully saturated rings. The van der Waals surface area contributed by atoms with Crippen molar-refractivity contribution >= 4 is 5.97 Å². The van der Waals surface area contributed by atoms with Crippen molar-refractivity contribution in [3.8, 4) is 17.1 Å². The fourth-order valence-corrected chi connectivity index (χ4v) is 2.35. The third kappa shape index (κ3) is 4.23. The van der Waals surface area contributed by atoms with Gasteiger partial charge < -0.3 is 14.0 Å². The molecule has 0 aliphatic carbocycles. The molecule has 1 heterocycles. The first kappa shape index (κ1) is 16.7. The molecule has 2 aromatic carbocycles. The molecule has 0 atom stereocenters. The molecule has 0 radical (unpaired) electrons. The maximum atomic E-state index is 11.9. The van der Waals surface area contributed by atoms with Gasteiger partial charge in [-0.3, -0.25) is 4.79 Å². The van der Waals surface area contributed by atoms with Crippen LogP contribution in [0, 0.1) is 6.92 Å². The largest absolute Gasteiger partial charge is 0.497 e. The van der Waals surface area contributed by atoms with E-state index < -0.39 is 0 Å². The van der Waals surface area contributed by atoms with Crippen molar-refractivity contribution in [3.63, 3.8) is 0 Å². The molecule has 128 valence electrons. The van der Waals surface area contributed by atoms with Gasteiger partial charge in [0.25, 0.3) is 5.89 Å². The summed E-state index contributed by atoms with van der Waals surface area (Å²) in [5.41, 5.74) is 2.78. The molecule has 0 spiro atoms. The lowest BCUT2D eigenvalue weighted by Crippen LogP contribution is -2.08. The molecule has 0 bridgehead atoms. The van der Waals surface area contributed by atoms with Gasteiger partial charge in [0, 0.05) is 5.56 Å². The zero-order chi connectivity index (χ0) is 17.6. The number of benzene rings is 2. The van der Waals surface area contributed by atoms with E-state index in [1.807, 2.05) is 43.3 Å². The number of carbonyl (C=O) groups is 1. The van der Waals surface area contributed by atoms with Crippen LogP contribution in [0.25, 0.3) is 11.4 Å². The third-order valence-electron chi connectivity index (χ3n) is 3.72. The van der Waals surface area contributed by atoms with Crippen LogP contribution < -0.4 is 4.74 Å². The maximum absolute atomic E-state index is 11.9. The lowest BCUT2D eigenvalue weighted by Gasteiger charge is -2.03. The van der Waals surface area contributed by atoms with E-state index in [0.29, 0.717) is 5.82 Å². The Morgan fingerprint density at radius 3 is 2.60 bits per heavy atom. The quantitative estimate of drug-likeness (QED) is 0.642. The molecule has 0 unspecified atom stereocenters.